The number of ether oxygens (including phenoxy) is 1. The van der Waals surface area contributed by atoms with Crippen molar-refractivity contribution in [1.82, 2.24) is 4.98 Å². The van der Waals surface area contributed by atoms with E-state index in [2.05, 4.69) is 10.3 Å². The van der Waals surface area contributed by atoms with Crippen LogP contribution in [0.15, 0.2) is 36.5 Å². The molecule has 0 spiro atoms. The molecular weight excluding hydrogens is 315 g/mol. The van der Waals surface area contributed by atoms with E-state index < -0.39 is 11.0 Å². The zero-order valence-electron chi connectivity index (χ0n) is 13.1. The van der Waals surface area contributed by atoms with Crippen LogP contribution in [0.2, 0.25) is 0 Å². The summed E-state index contributed by atoms with van der Waals surface area (Å²) in [6.07, 6.45) is 0.657. The van der Waals surface area contributed by atoms with E-state index >= 15 is 0 Å². The molecule has 2 rings (SSSR count). The highest BCUT2D eigenvalue weighted by molar-refractivity contribution is 5.56. The fourth-order valence-corrected chi connectivity index (χ4v) is 2.33. The number of halogens is 1. The molecule has 1 aromatic carbocycles. The van der Waals surface area contributed by atoms with Gasteiger partial charge in [0.1, 0.15) is 35.6 Å². The lowest BCUT2D eigenvalue weighted by Crippen LogP contribution is -2.26. The number of anilines is 1. The fourth-order valence-electron chi connectivity index (χ4n) is 2.33. The van der Waals surface area contributed by atoms with Gasteiger partial charge in [-0.2, -0.15) is 5.26 Å². The predicted molar refractivity (Wildman–Crippen MR) is 84.8 cm³/mol. The second-order valence-corrected chi connectivity index (χ2v) is 5.10. The molecule has 2 unspecified atom stereocenters. The third-order valence-electron chi connectivity index (χ3n) is 3.48. The molecule has 24 heavy (non-hydrogen) atoms. The van der Waals surface area contributed by atoms with Crippen molar-refractivity contribution in [2.45, 2.75) is 19.1 Å². The Morgan fingerprint density at radius 2 is 2.08 bits per heavy atom. The molecule has 0 aliphatic carbocycles. The third-order valence-corrected chi connectivity index (χ3v) is 3.48. The maximum Gasteiger partial charge on any atom is 0.289 e. The van der Waals surface area contributed by atoms with Gasteiger partial charge < -0.3 is 10.1 Å². The summed E-state index contributed by atoms with van der Waals surface area (Å²) >= 11 is 0. The van der Waals surface area contributed by atoms with Crippen molar-refractivity contribution in [3.8, 4) is 6.07 Å². The normalized spacial score (nSPS) is 12.9. The average molecular weight is 330 g/mol. The molecule has 0 bridgehead atoms. The molecule has 0 amide bonds. The highest BCUT2D eigenvalue weighted by Gasteiger charge is 2.21. The Bertz CT molecular complexity index is 774. The van der Waals surface area contributed by atoms with Gasteiger partial charge in [-0.15, -0.1) is 0 Å². The van der Waals surface area contributed by atoms with E-state index in [9.17, 15) is 14.5 Å². The molecule has 1 N–H and O–H groups in total. The molecule has 124 valence electrons. The summed E-state index contributed by atoms with van der Waals surface area (Å²) in [6.45, 7) is 1.81. The number of benzene rings is 1. The van der Waals surface area contributed by atoms with Gasteiger partial charge >= 0.3 is 0 Å². The van der Waals surface area contributed by atoms with Crippen molar-refractivity contribution in [3.63, 3.8) is 0 Å². The zero-order chi connectivity index (χ0) is 17.7. The average Bonchev–Trinajstić information content (AvgIpc) is 2.57. The molecule has 1 aromatic heterocycles. The van der Waals surface area contributed by atoms with Crippen LogP contribution in [0, 0.1) is 27.3 Å². The topological polar surface area (TPSA) is 101 Å². The number of nitriles is 1. The maximum atomic E-state index is 13.0. The molecule has 0 aliphatic rings. The lowest BCUT2D eigenvalue weighted by molar-refractivity contribution is -0.385. The van der Waals surface area contributed by atoms with Crippen molar-refractivity contribution < 1.29 is 14.1 Å². The Hall–Kier alpha value is -3.05. The predicted octanol–water partition coefficient (Wildman–Crippen LogP) is 3.19. The summed E-state index contributed by atoms with van der Waals surface area (Å²) < 4.78 is 18.5. The SMILES string of the molecule is COC(c1ccc(F)cc1)C(C)Nc1ncc([N+](=O)[O-])cc1C#N. The molecule has 7 nitrogen and oxygen atoms in total. The summed E-state index contributed by atoms with van der Waals surface area (Å²) in [6, 6.07) is 8.60. The monoisotopic (exact) mass is 330 g/mol. The van der Waals surface area contributed by atoms with Crippen LogP contribution in [0.1, 0.15) is 24.2 Å². The number of aromatic nitrogens is 1. The molecule has 1 heterocycles. The molecule has 0 saturated carbocycles. The van der Waals surface area contributed by atoms with Crippen molar-refractivity contribution in [3.05, 3.63) is 63.6 Å². The molecule has 0 radical (unpaired) electrons. The zero-order valence-corrected chi connectivity index (χ0v) is 13.1. The van der Waals surface area contributed by atoms with Crippen LogP contribution in [0.3, 0.4) is 0 Å². The lowest BCUT2D eigenvalue weighted by Gasteiger charge is -2.24. The van der Waals surface area contributed by atoms with Crippen LogP contribution in [0.25, 0.3) is 0 Å². The molecule has 2 atom stereocenters. The van der Waals surface area contributed by atoms with E-state index in [0.717, 1.165) is 17.8 Å². The lowest BCUT2D eigenvalue weighted by atomic mass is 10.0. The highest BCUT2D eigenvalue weighted by Crippen LogP contribution is 2.25. The quantitative estimate of drug-likeness (QED) is 0.645. The molecule has 0 saturated heterocycles. The Morgan fingerprint density at radius 1 is 1.42 bits per heavy atom. The van der Waals surface area contributed by atoms with Gasteiger partial charge in [-0.1, -0.05) is 12.1 Å². The molecule has 0 fully saturated rings. The first-order valence-electron chi connectivity index (χ1n) is 7.05. The van der Waals surface area contributed by atoms with Gasteiger partial charge in [-0.3, -0.25) is 10.1 Å². The fraction of sp³-hybridized carbons (Fsp3) is 0.250. The van der Waals surface area contributed by atoms with E-state index in [1.54, 1.807) is 12.1 Å². The summed E-state index contributed by atoms with van der Waals surface area (Å²) in [7, 11) is 1.51. The molecule has 2 aromatic rings. The first kappa shape index (κ1) is 17.3. The minimum absolute atomic E-state index is 0.0602. The van der Waals surface area contributed by atoms with Crippen molar-refractivity contribution in [1.29, 1.82) is 5.26 Å². The van der Waals surface area contributed by atoms with E-state index in [1.165, 1.54) is 19.2 Å². The van der Waals surface area contributed by atoms with Crippen LogP contribution in [0.5, 0.6) is 0 Å². The van der Waals surface area contributed by atoms with Gasteiger partial charge in [0.05, 0.1) is 11.0 Å². The first-order valence-corrected chi connectivity index (χ1v) is 7.05. The number of nitro groups is 1. The summed E-state index contributed by atoms with van der Waals surface area (Å²) in [5, 5.41) is 22.9. The van der Waals surface area contributed by atoms with Crippen LogP contribution in [-0.4, -0.2) is 23.1 Å². The van der Waals surface area contributed by atoms with Gasteiger partial charge in [0, 0.05) is 13.2 Å². The number of pyridine rings is 1. The first-order chi connectivity index (χ1) is 11.5. The largest absolute Gasteiger partial charge is 0.375 e. The van der Waals surface area contributed by atoms with Crippen molar-refractivity contribution in [2.24, 2.45) is 0 Å². The van der Waals surface area contributed by atoms with Gasteiger partial charge in [-0.05, 0) is 24.6 Å². The second kappa shape index (κ2) is 7.48. The number of rotatable bonds is 6. The highest BCUT2D eigenvalue weighted by atomic mass is 19.1. The van der Waals surface area contributed by atoms with Crippen LogP contribution >= 0.6 is 0 Å². The van der Waals surface area contributed by atoms with Crippen molar-refractivity contribution in [2.75, 3.05) is 12.4 Å². The Kier molecular flexibility index (Phi) is 5.39. The van der Waals surface area contributed by atoms with Crippen LogP contribution < -0.4 is 5.32 Å². The van der Waals surface area contributed by atoms with Crippen LogP contribution in [0.4, 0.5) is 15.9 Å². The van der Waals surface area contributed by atoms with Gasteiger partial charge in [0.25, 0.3) is 5.69 Å². The minimum atomic E-state index is -0.614. The van der Waals surface area contributed by atoms with E-state index in [1.807, 2.05) is 13.0 Å². The third kappa shape index (κ3) is 3.83. The summed E-state index contributed by atoms with van der Waals surface area (Å²) in [5.41, 5.74) is 0.552. The smallest absolute Gasteiger partial charge is 0.289 e. The minimum Gasteiger partial charge on any atom is -0.375 e. The number of hydrogen-bond acceptors (Lipinski definition) is 6. The number of nitrogens with one attached hydrogen (secondary N) is 1. The summed E-state index contributed by atoms with van der Waals surface area (Å²) in [4.78, 5) is 14.1. The van der Waals surface area contributed by atoms with Crippen LogP contribution in [-0.2, 0) is 4.74 Å². The second-order valence-electron chi connectivity index (χ2n) is 5.10. The Balaban J connectivity index is 2.24. The Labute approximate surface area is 137 Å². The van der Waals surface area contributed by atoms with Gasteiger partial charge in [0.2, 0.25) is 0 Å². The van der Waals surface area contributed by atoms with E-state index in [0.29, 0.717) is 0 Å². The number of methoxy groups -OCH3 is 1. The summed E-state index contributed by atoms with van der Waals surface area (Å²) in [5.74, 6) is -0.127. The standard InChI is InChI=1S/C16H15FN4O3/c1-10(15(24-2)11-3-5-13(17)6-4-11)20-16-12(8-18)7-14(9-19-16)21(22)23/h3-7,9-10,15H,1-2H3,(H,19,20). The van der Waals surface area contributed by atoms with Gasteiger partial charge in [-0.25, -0.2) is 9.37 Å². The number of nitrogens with zero attached hydrogens (tertiary/aromatic N) is 3. The van der Waals surface area contributed by atoms with E-state index in [-0.39, 0.29) is 28.9 Å². The number of hydrogen-bond donors (Lipinski definition) is 1. The Morgan fingerprint density at radius 3 is 2.62 bits per heavy atom. The van der Waals surface area contributed by atoms with Gasteiger partial charge in [0.15, 0.2) is 0 Å². The molecular formula is C16H15FN4O3. The maximum absolute atomic E-state index is 13.0. The molecule has 0 aliphatic heterocycles. The van der Waals surface area contributed by atoms with E-state index in [4.69, 9.17) is 10.00 Å². The van der Waals surface area contributed by atoms with Crippen molar-refractivity contribution >= 4 is 11.5 Å². The molecule has 8 heteroatoms.